The van der Waals surface area contributed by atoms with Crippen molar-refractivity contribution in [2.24, 2.45) is 29.1 Å². The lowest BCUT2D eigenvalue weighted by molar-refractivity contribution is -0.156. The quantitative estimate of drug-likeness (QED) is 0.318. The summed E-state index contributed by atoms with van der Waals surface area (Å²) in [6.07, 6.45) is 10.2. The van der Waals surface area contributed by atoms with Crippen molar-refractivity contribution in [1.82, 2.24) is 14.2 Å². The number of ether oxygens (including phenoxy) is 2. The van der Waals surface area contributed by atoms with Crippen molar-refractivity contribution >= 4 is 44.4 Å². The van der Waals surface area contributed by atoms with Gasteiger partial charge in [-0.2, -0.15) is 0 Å². The molecule has 5 fully saturated rings. The van der Waals surface area contributed by atoms with Crippen molar-refractivity contribution in [3.8, 4) is 5.88 Å². The maximum absolute atomic E-state index is 14.9. The SMILES string of the molecule is CC[C@@H]1C[C@]1(CC(=O)[C@@H]1C[C@@H]2CN1C(=O)[C@H](C1CCCC1)CC(=O)O[C@@H]1CCC[C@H]1CCCCCn1c(cc3ccc(F)cc3c1=O)O2)C(=O)NS(=O)(=O)C1CC1. The molecule has 7 atom stereocenters. The van der Waals surface area contributed by atoms with Gasteiger partial charge < -0.3 is 14.4 Å². The topological polar surface area (TPSA) is 158 Å². The maximum Gasteiger partial charge on any atom is 0.306 e. The summed E-state index contributed by atoms with van der Waals surface area (Å²) in [6.45, 7) is 2.25. The molecule has 0 unspecified atom stereocenters. The van der Waals surface area contributed by atoms with Crippen LogP contribution in [0.15, 0.2) is 29.1 Å². The minimum atomic E-state index is -3.84. The molecule has 2 aromatic rings. The first-order valence-electron chi connectivity index (χ1n) is 21.5. The van der Waals surface area contributed by atoms with Crippen molar-refractivity contribution in [2.45, 2.75) is 153 Å². The molecule has 57 heavy (non-hydrogen) atoms. The van der Waals surface area contributed by atoms with Gasteiger partial charge in [-0.25, -0.2) is 12.8 Å². The zero-order chi connectivity index (χ0) is 40.1. The Hall–Kier alpha value is -3.81. The zero-order valence-corrected chi connectivity index (χ0v) is 33.7. The number of halogens is 1. The molecular formula is C43H56FN3O9S. The summed E-state index contributed by atoms with van der Waals surface area (Å²) >= 11 is 0. The number of aromatic nitrogens is 1. The van der Waals surface area contributed by atoms with Crippen LogP contribution in [0.5, 0.6) is 5.88 Å². The van der Waals surface area contributed by atoms with E-state index in [2.05, 4.69) is 4.72 Å². The predicted octanol–water partition coefficient (Wildman–Crippen LogP) is 5.96. The Morgan fingerprint density at radius 2 is 1.65 bits per heavy atom. The molecular weight excluding hydrogens is 754 g/mol. The van der Waals surface area contributed by atoms with E-state index in [1.54, 1.807) is 6.07 Å². The van der Waals surface area contributed by atoms with Gasteiger partial charge in [0.15, 0.2) is 11.7 Å². The average Bonchev–Trinajstić information content (AvgIpc) is 3.97. The van der Waals surface area contributed by atoms with Crippen molar-refractivity contribution in [2.75, 3.05) is 6.54 Å². The van der Waals surface area contributed by atoms with Crippen LogP contribution in [-0.4, -0.2) is 71.5 Å². The highest BCUT2D eigenvalue weighted by molar-refractivity contribution is 7.90. The molecule has 12 nitrogen and oxygen atoms in total. The number of hydrogen-bond acceptors (Lipinski definition) is 9. The molecule has 1 saturated heterocycles. The molecule has 14 heteroatoms. The largest absolute Gasteiger partial charge is 0.473 e. The Bertz CT molecular complexity index is 2080. The van der Waals surface area contributed by atoms with E-state index in [0.29, 0.717) is 44.0 Å². The number of Topliss-reactive ketones (excluding diaryl/α,β-unsaturated/α-hetero) is 1. The second-order valence-electron chi connectivity index (χ2n) is 17.9. The summed E-state index contributed by atoms with van der Waals surface area (Å²) < 4.78 is 56.6. The molecule has 8 rings (SSSR count). The third kappa shape index (κ3) is 8.26. The molecule has 4 aliphatic carbocycles. The number of benzene rings is 1. The first-order valence-corrected chi connectivity index (χ1v) is 23.0. The number of pyridine rings is 1. The van der Waals surface area contributed by atoms with Gasteiger partial charge in [-0.1, -0.05) is 45.1 Å². The van der Waals surface area contributed by atoms with Gasteiger partial charge in [-0.3, -0.25) is 33.3 Å². The van der Waals surface area contributed by atoms with Gasteiger partial charge in [0.2, 0.25) is 21.8 Å². The Morgan fingerprint density at radius 3 is 2.39 bits per heavy atom. The monoisotopic (exact) mass is 809 g/mol. The molecule has 4 saturated carbocycles. The van der Waals surface area contributed by atoms with Gasteiger partial charge in [-0.15, -0.1) is 0 Å². The average molecular weight is 810 g/mol. The fourth-order valence-electron chi connectivity index (χ4n) is 10.6. The lowest BCUT2D eigenvalue weighted by Gasteiger charge is -2.31. The fourth-order valence-corrected chi connectivity index (χ4v) is 12.0. The third-order valence-corrected chi connectivity index (χ3v) is 15.9. The Labute approximate surface area is 333 Å². The van der Waals surface area contributed by atoms with E-state index in [-0.39, 0.29) is 84.2 Å². The molecule has 3 heterocycles. The number of rotatable bonds is 8. The van der Waals surface area contributed by atoms with E-state index in [1.165, 1.54) is 27.7 Å². The van der Waals surface area contributed by atoms with Crippen molar-refractivity contribution < 1.29 is 41.5 Å². The number of sulfonamides is 1. The first-order chi connectivity index (χ1) is 27.4. The molecule has 1 aromatic heterocycles. The van der Waals surface area contributed by atoms with Gasteiger partial charge in [0.25, 0.3) is 5.56 Å². The van der Waals surface area contributed by atoms with Crippen LogP contribution in [-0.2, 0) is 40.5 Å². The summed E-state index contributed by atoms with van der Waals surface area (Å²) in [7, 11) is -3.84. The first kappa shape index (κ1) is 40.0. The molecule has 0 spiro atoms. The van der Waals surface area contributed by atoms with Crippen molar-refractivity contribution in [1.29, 1.82) is 0 Å². The normalized spacial score (nSPS) is 31.5. The summed E-state index contributed by atoms with van der Waals surface area (Å²) in [5.41, 5.74) is -1.58. The second-order valence-corrected chi connectivity index (χ2v) is 19.8. The van der Waals surface area contributed by atoms with Crippen LogP contribution in [0.2, 0.25) is 0 Å². The standard InChI is InChI=1S/C43H56FN3O9S/c1-2-29-23-43(29,42(52)45-57(53,54)32-16-17-32)24-36(48)35-21-31-25-47(35)41(51)34(26-9-5-6-10-26)22-39(49)56-37-13-8-12-27(37)11-4-3-7-18-46-38(55-31)19-28-14-15-30(44)20-33(28)40(46)50/h14-15,19-20,26-27,29,31-32,34-35,37H,2-13,16-18,21-25H2,1H3,(H,45,52)/t27-,29-,31-,34+,35+,37-,43-/m1/s1. The molecule has 0 radical (unpaired) electrons. The van der Waals surface area contributed by atoms with Gasteiger partial charge in [-0.05, 0) is 99.5 Å². The summed E-state index contributed by atoms with van der Waals surface area (Å²) in [5.74, 6) is -2.71. The van der Waals surface area contributed by atoms with Crippen LogP contribution in [0.4, 0.5) is 4.39 Å². The number of carbonyl (C=O) groups is 4. The predicted molar refractivity (Wildman–Crippen MR) is 209 cm³/mol. The van der Waals surface area contributed by atoms with Crippen molar-refractivity contribution in [3.63, 3.8) is 0 Å². The van der Waals surface area contributed by atoms with Crippen LogP contribution in [0.1, 0.15) is 122 Å². The third-order valence-electron chi connectivity index (χ3n) is 14.1. The smallest absolute Gasteiger partial charge is 0.306 e. The second kappa shape index (κ2) is 16.1. The van der Waals surface area contributed by atoms with E-state index in [0.717, 1.165) is 64.2 Å². The van der Waals surface area contributed by atoms with Crippen molar-refractivity contribution in [3.05, 3.63) is 40.4 Å². The number of nitrogens with one attached hydrogen (secondary N) is 1. The maximum atomic E-state index is 14.9. The summed E-state index contributed by atoms with van der Waals surface area (Å²) in [6, 6.07) is 4.77. The van der Waals surface area contributed by atoms with Gasteiger partial charge >= 0.3 is 5.97 Å². The van der Waals surface area contributed by atoms with E-state index in [4.69, 9.17) is 9.47 Å². The number of esters is 1. The summed E-state index contributed by atoms with van der Waals surface area (Å²) in [4.78, 5) is 72.5. The summed E-state index contributed by atoms with van der Waals surface area (Å²) in [5, 5.41) is 0.143. The number of nitrogens with zero attached hydrogens (tertiary/aromatic N) is 2. The Kier molecular flexibility index (Phi) is 11.3. The Morgan fingerprint density at radius 1 is 0.912 bits per heavy atom. The number of carbonyl (C=O) groups excluding carboxylic acids is 4. The van der Waals surface area contributed by atoms with Crippen LogP contribution in [0.25, 0.3) is 10.8 Å². The molecule has 2 aliphatic heterocycles. The minimum Gasteiger partial charge on any atom is -0.473 e. The molecule has 6 aliphatic rings. The van der Waals surface area contributed by atoms with Crippen LogP contribution < -0.4 is 15.0 Å². The highest BCUT2D eigenvalue weighted by Gasteiger charge is 2.62. The molecule has 2 bridgehead atoms. The minimum absolute atomic E-state index is 0.0142. The van der Waals surface area contributed by atoms with Crippen LogP contribution in [0, 0.1) is 34.9 Å². The number of ketones is 1. The van der Waals surface area contributed by atoms with Crippen LogP contribution in [0.3, 0.4) is 0 Å². The van der Waals surface area contributed by atoms with E-state index in [9.17, 15) is 36.8 Å². The fraction of sp³-hybridized carbons (Fsp3) is 0.698. The van der Waals surface area contributed by atoms with Gasteiger partial charge in [0, 0.05) is 25.5 Å². The number of amides is 2. The molecule has 310 valence electrons. The Balaban J connectivity index is 1.14. The van der Waals surface area contributed by atoms with E-state index >= 15 is 0 Å². The molecule has 1 N–H and O–H groups in total. The van der Waals surface area contributed by atoms with E-state index in [1.807, 2.05) is 6.92 Å². The number of hydrogen-bond donors (Lipinski definition) is 1. The lowest BCUT2D eigenvalue weighted by Crippen LogP contribution is -2.47. The highest BCUT2D eigenvalue weighted by atomic mass is 32.2. The van der Waals surface area contributed by atoms with Gasteiger partial charge in [0.1, 0.15) is 18.0 Å². The van der Waals surface area contributed by atoms with E-state index < -0.39 is 50.5 Å². The number of fused-ring (bicyclic) bond motifs is 5. The highest BCUT2D eigenvalue weighted by Crippen LogP contribution is 2.58. The zero-order valence-electron chi connectivity index (χ0n) is 32.9. The lowest BCUT2D eigenvalue weighted by atomic mass is 9.86. The van der Waals surface area contributed by atoms with Crippen LogP contribution >= 0.6 is 0 Å². The molecule has 1 aromatic carbocycles. The van der Waals surface area contributed by atoms with Gasteiger partial charge in [0.05, 0.1) is 41.0 Å². The molecule has 2 amide bonds.